The Kier molecular flexibility index (Phi) is 4.72. The summed E-state index contributed by atoms with van der Waals surface area (Å²) in [6.45, 7) is 2.18. The normalized spacial score (nSPS) is 15.0. The second kappa shape index (κ2) is 6.43. The highest BCUT2D eigenvalue weighted by atomic mass is 32.2. The van der Waals surface area contributed by atoms with Crippen molar-refractivity contribution in [3.63, 3.8) is 0 Å². The van der Waals surface area contributed by atoms with Gasteiger partial charge in [0.2, 0.25) is 0 Å². The minimum atomic E-state index is -5.96. The number of thioether (sulfide) groups is 1. The molecule has 0 amide bonds. The molecule has 1 aromatic carbocycles. The van der Waals surface area contributed by atoms with E-state index in [1.54, 1.807) is 0 Å². The molecule has 0 fully saturated rings. The predicted octanol–water partition coefficient (Wildman–Crippen LogP) is 4.30. The average molecular weight is 425 g/mol. The number of carbonyl (C=O) groups is 1. The molecule has 1 aliphatic heterocycles. The molecule has 152 valence electrons. The standard InChI is InChI=1S/C17H13F6NO3S/c1-8-5-13(26)24-3-4-28-12-7-10(6-11(8)14(12)24)15(16(18,19)20,17(21,22)23)27-9(2)25/h5-7H,3-4H2,1-2H3. The molecule has 0 atom stereocenters. The lowest BCUT2D eigenvalue weighted by atomic mass is 9.89. The highest BCUT2D eigenvalue weighted by molar-refractivity contribution is 7.99. The second-order valence-electron chi connectivity index (χ2n) is 6.31. The first kappa shape index (κ1) is 20.6. The molecular weight excluding hydrogens is 412 g/mol. The van der Waals surface area contributed by atoms with Crippen molar-refractivity contribution in [1.29, 1.82) is 0 Å². The van der Waals surface area contributed by atoms with Gasteiger partial charge in [-0.1, -0.05) is 0 Å². The number of hydrogen-bond acceptors (Lipinski definition) is 4. The summed E-state index contributed by atoms with van der Waals surface area (Å²) in [7, 11) is 0. The summed E-state index contributed by atoms with van der Waals surface area (Å²) in [5, 5.41) is 0.0596. The SMILES string of the molecule is CC(=O)OC(c1cc2c3c(c1)c(C)cc(=O)n3CCS2)(C(F)(F)F)C(F)(F)F. The largest absolute Gasteiger partial charge is 0.442 e. The monoisotopic (exact) mass is 425 g/mol. The second-order valence-corrected chi connectivity index (χ2v) is 7.44. The number of ether oxygens (including phenoxy) is 1. The molecule has 0 spiro atoms. The predicted molar refractivity (Wildman–Crippen MR) is 89.2 cm³/mol. The fourth-order valence-electron chi connectivity index (χ4n) is 3.30. The first-order chi connectivity index (χ1) is 12.8. The van der Waals surface area contributed by atoms with Gasteiger partial charge in [-0.2, -0.15) is 26.3 Å². The van der Waals surface area contributed by atoms with Gasteiger partial charge in [0, 0.05) is 41.1 Å². The van der Waals surface area contributed by atoms with E-state index in [9.17, 15) is 35.9 Å². The fraction of sp³-hybridized carbons (Fsp3) is 0.412. The van der Waals surface area contributed by atoms with Crippen LogP contribution in [0.25, 0.3) is 10.9 Å². The van der Waals surface area contributed by atoms with Crippen molar-refractivity contribution in [3.8, 4) is 0 Å². The number of halogens is 6. The van der Waals surface area contributed by atoms with Crippen LogP contribution in [0.15, 0.2) is 27.9 Å². The molecule has 0 bridgehead atoms. The number of hydrogen-bond donors (Lipinski definition) is 0. The van der Waals surface area contributed by atoms with Gasteiger partial charge in [0.1, 0.15) is 0 Å². The third-order valence-electron chi connectivity index (χ3n) is 4.45. The summed E-state index contributed by atoms with van der Waals surface area (Å²) in [6.07, 6.45) is -11.9. The number of esters is 1. The van der Waals surface area contributed by atoms with E-state index in [1.165, 1.54) is 11.5 Å². The van der Waals surface area contributed by atoms with Crippen molar-refractivity contribution in [3.05, 3.63) is 39.7 Å². The van der Waals surface area contributed by atoms with Gasteiger partial charge in [0.05, 0.1) is 5.52 Å². The molecule has 1 aromatic heterocycles. The topological polar surface area (TPSA) is 48.3 Å². The fourth-order valence-corrected chi connectivity index (χ4v) is 4.36. The van der Waals surface area contributed by atoms with Crippen molar-refractivity contribution >= 4 is 28.6 Å². The zero-order chi connectivity index (χ0) is 21.1. The molecule has 0 unspecified atom stereocenters. The Balaban J connectivity index is 2.46. The van der Waals surface area contributed by atoms with Crippen molar-refractivity contribution in [2.75, 3.05) is 5.75 Å². The van der Waals surface area contributed by atoms with E-state index in [0.717, 1.165) is 17.8 Å². The average Bonchev–Trinajstić information content (AvgIpc) is 2.54. The Morgan fingerprint density at radius 1 is 1.11 bits per heavy atom. The summed E-state index contributed by atoms with van der Waals surface area (Å²) >= 11 is 1.03. The molecule has 1 aliphatic rings. The van der Waals surface area contributed by atoms with Crippen molar-refractivity contribution in [1.82, 2.24) is 4.57 Å². The maximum atomic E-state index is 13.8. The van der Waals surface area contributed by atoms with Gasteiger partial charge < -0.3 is 9.30 Å². The Bertz CT molecular complexity index is 1010. The van der Waals surface area contributed by atoms with Gasteiger partial charge in [-0.15, -0.1) is 11.8 Å². The van der Waals surface area contributed by atoms with E-state index < -0.39 is 35.0 Å². The molecule has 0 saturated carbocycles. The lowest BCUT2D eigenvalue weighted by Crippen LogP contribution is -2.56. The zero-order valence-electron chi connectivity index (χ0n) is 14.5. The molecule has 11 heteroatoms. The highest BCUT2D eigenvalue weighted by Crippen LogP contribution is 2.54. The number of pyridine rings is 1. The number of rotatable bonds is 2. The maximum Gasteiger partial charge on any atom is 0.442 e. The molecule has 2 heterocycles. The van der Waals surface area contributed by atoms with Gasteiger partial charge in [0.25, 0.3) is 5.56 Å². The molecule has 28 heavy (non-hydrogen) atoms. The van der Waals surface area contributed by atoms with Crippen LogP contribution < -0.4 is 5.56 Å². The van der Waals surface area contributed by atoms with E-state index in [4.69, 9.17) is 0 Å². The lowest BCUT2D eigenvalue weighted by Gasteiger charge is -2.37. The molecule has 0 N–H and O–H groups in total. The Hall–Kier alpha value is -2.17. The summed E-state index contributed by atoms with van der Waals surface area (Å²) in [4.78, 5) is 23.5. The van der Waals surface area contributed by atoms with Crippen LogP contribution in [0.2, 0.25) is 0 Å². The lowest BCUT2D eigenvalue weighted by molar-refractivity contribution is -0.377. The van der Waals surface area contributed by atoms with Crippen molar-refractivity contribution in [2.24, 2.45) is 0 Å². The van der Waals surface area contributed by atoms with Crippen molar-refractivity contribution in [2.45, 2.75) is 43.2 Å². The molecule has 0 radical (unpaired) electrons. The number of aryl methyl sites for hydroxylation is 2. The van der Waals surface area contributed by atoms with Crippen LogP contribution in [-0.4, -0.2) is 28.6 Å². The third-order valence-corrected chi connectivity index (χ3v) is 5.46. The molecule has 0 aliphatic carbocycles. The quantitative estimate of drug-likeness (QED) is 0.532. The van der Waals surface area contributed by atoms with E-state index in [2.05, 4.69) is 4.74 Å². The number of nitrogens with zero attached hydrogens (tertiary/aromatic N) is 1. The van der Waals surface area contributed by atoms with Crippen LogP contribution in [0.4, 0.5) is 26.3 Å². The minimum absolute atomic E-state index is 0.0596. The summed E-state index contributed by atoms with van der Waals surface area (Å²) in [6, 6.07) is 2.55. The van der Waals surface area contributed by atoms with Crippen LogP contribution >= 0.6 is 11.8 Å². The summed E-state index contributed by atoms with van der Waals surface area (Å²) in [5.74, 6) is -1.43. The van der Waals surface area contributed by atoms with E-state index in [0.29, 0.717) is 24.8 Å². The summed E-state index contributed by atoms with van der Waals surface area (Å²) in [5.41, 5.74) is -5.97. The first-order valence-electron chi connectivity index (χ1n) is 7.94. The van der Waals surface area contributed by atoms with Gasteiger partial charge in [-0.25, -0.2) is 0 Å². The molecule has 3 rings (SSSR count). The number of alkyl halides is 6. The van der Waals surface area contributed by atoms with Crippen molar-refractivity contribution < 1.29 is 35.9 Å². The van der Waals surface area contributed by atoms with Crippen LogP contribution in [0, 0.1) is 6.92 Å². The molecule has 4 nitrogen and oxygen atoms in total. The van der Waals surface area contributed by atoms with Crippen LogP contribution in [0.3, 0.4) is 0 Å². The minimum Gasteiger partial charge on any atom is -0.435 e. The van der Waals surface area contributed by atoms with E-state index in [-0.39, 0.29) is 27.9 Å². The van der Waals surface area contributed by atoms with Crippen LogP contribution in [0.5, 0.6) is 0 Å². The summed E-state index contributed by atoms with van der Waals surface area (Å²) < 4.78 is 87.8. The smallest absolute Gasteiger partial charge is 0.435 e. The zero-order valence-corrected chi connectivity index (χ0v) is 15.3. The molecule has 0 saturated heterocycles. The molecular formula is C17H13F6NO3S. The van der Waals surface area contributed by atoms with Gasteiger partial charge in [-0.05, 0) is 24.6 Å². The van der Waals surface area contributed by atoms with Gasteiger partial charge in [0.15, 0.2) is 0 Å². The maximum absolute atomic E-state index is 13.8. The number of benzene rings is 1. The Labute approximate surface area is 158 Å². The van der Waals surface area contributed by atoms with Crippen LogP contribution in [0.1, 0.15) is 18.1 Å². The van der Waals surface area contributed by atoms with Gasteiger partial charge >= 0.3 is 23.9 Å². The Morgan fingerprint density at radius 3 is 2.25 bits per heavy atom. The molecule has 2 aromatic rings. The van der Waals surface area contributed by atoms with E-state index >= 15 is 0 Å². The third kappa shape index (κ3) is 2.96. The Morgan fingerprint density at radius 2 is 1.71 bits per heavy atom. The van der Waals surface area contributed by atoms with Gasteiger partial charge in [-0.3, -0.25) is 9.59 Å². The first-order valence-corrected chi connectivity index (χ1v) is 8.92. The van der Waals surface area contributed by atoms with Crippen LogP contribution in [-0.2, 0) is 21.7 Å². The number of aromatic nitrogens is 1. The van der Waals surface area contributed by atoms with E-state index in [1.807, 2.05) is 0 Å². The number of carbonyl (C=O) groups excluding carboxylic acids is 1. The highest BCUT2D eigenvalue weighted by Gasteiger charge is 2.75.